The molecule has 0 aliphatic carbocycles. The lowest BCUT2D eigenvalue weighted by molar-refractivity contribution is -0.115. The van der Waals surface area contributed by atoms with Crippen LogP contribution < -0.4 is 5.32 Å². The molecule has 0 bridgehead atoms. The summed E-state index contributed by atoms with van der Waals surface area (Å²) in [4.78, 5) is 15.7. The minimum atomic E-state index is 0.0180. The van der Waals surface area contributed by atoms with Gasteiger partial charge in [-0.2, -0.15) is 0 Å². The van der Waals surface area contributed by atoms with E-state index in [9.17, 15) is 4.79 Å². The number of hydrogen-bond donors (Lipinski definition) is 1. The van der Waals surface area contributed by atoms with Crippen LogP contribution in [0, 0.1) is 0 Å². The van der Waals surface area contributed by atoms with Crippen LogP contribution in [-0.2, 0) is 29.7 Å². The highest BCUT2D eigenvalue weighted by molar-refractivity contribution is 7.99. The van der Waals surface area contributed by atoms with Crippen LogP contribution in [0.2, 0.25) is 0 Å². The van der Waals surface area contributed by atoms with E-state index in [1.54, 1.807) is 0 Å². The molecule has 4 rings (SSSR count). The molecule has 0 spiro atoms. The van der Waals surface area contributed by atoms with Crippen molar-refractivity contribution in [1.82, 2.24) is 4.90 Å². The molecule has 0 radical (unpaired) electrons. The van der Waals surface area contributed by atoms with E-state index < -0.39 is 0 Å². The van der Waals surface area contributed by atoms with E-state index in [-0.39, 0.29) is 11.3 Å². The molecule has 4 heteroatoms. The summed E-state index contributed by atoms with van der Waals surface area (Å²) in [6, 6.07) is 24.9. The maximum Gasteiger partial charge on any atom is 0.228 e. The van der Waals surface area contributed by atoms with Crippen molar-refractivity contribution in [3.8, 4) is 0 Å². The van der Waals surface area contributed by atoms with Crippen LogP contribution in [0.3, 0.4) is 0 Å². The Morgan fingerprint density at radius 2 is 1.48 bits per heavy atom. The SMILES string of the molecule is CCSc1ccc(CC(=O)Nc2ccc(C(C)(C)C)cc2)cc1.CN1Cc2ccccc2C1. The lowest BCUT2D eigenvalue weighted by atomic mass is 9.87. The van der Waals surface area contributed by atoms with E-state index >= 15 is 0 Å². The molecule has 0 unspecified atom stereocenters. The Morgan fingerprint density at radius 3 is 2.00 bits per heavy atom. The molecule has 33 heavy (non-hydrogen) atoms. The zero-order chi connectivity index (χ0) is 23.8. The van der Waals surface area contributed by atoms with E-state index in [1.807, 2.05) is 36.0 Å². The summed E-state index contributed by atoms with van der Waals surface area (Å²) in [6.07, 6.45) is 0.401. The van der Waals surface area contributed by atoms with Crippen LogP contribution in [0.5, 0.6) is 0 Å². The molecule has 0 aromatic heterocycles. The lowest BCUT2D eigenvalue weighted by Gasteiger charge is -2.19. The summed E-state index contributed by atoms with van der Waals surface area (Å²) in [6.45, 7) is 10.9. The molecule has 3 aromatic carbocycles. The number of hydrogen-bond acceptors (Lipinski definition) is 3. The van der Waals surface area contributed by atoms with Crippen LogP contribution in [0.4, 0.5) is 5.69 Å². The standard InChI is InChI=1S/C20H25NOS.C9H11N/c1-5-23-18-12-6-15(7-13-18)14-19(22)21-17-10-8-16(9-11-17)20(2,3)4;1-10-6-8-4-2-3-5-9(8)7-10/h6-13H,5,14H2,1-4H3,(H,21,22);2-5H,6-7H2,1H3. The molecule has 0 saturated carbocycles. The van der Waals surface area contributed by atoms with Gasteiger partial charge >= 0.3 is 0 Å². The van der Waals surface area contributed by atoms with Crippen LogP contribution in [0.15, 0.2) is 77.7 Å². The molecular formula is C29H36N2OS. The summed E-state index contributed by atoms with van der Waals surface area (Å²) in [5.74, 6) is 1.08. The highest BCUT2D eigenvalue weighted by Crippen LogP contribution is 2.24. The van der Waals surface area contributed by atoms with E-state index in [0.717, 1.165) is 30.1 Å². The Morgan fingerprint density at radius 1 is 0.909 bits per heavy atom. The number of rotatable bonds is 5. The van der Waals surface area contributed by atoms with Crippen molar-refractivity contribution in [3.05, 3.63) is 95.1 Å². The van der Waals surface area contributed by atoms with Crippen molar-refractivity contribution >= 4 is 23.4 Å². The predicted octanol–water partition coefficient (Wildman–Crippen LogP) is 6.91. The van der Waals surface area contributed by atoms with Crippen LogP contribution in [0.25, 0.3) is 0 Å². The molecule has 3 nitrogen and oxygen atoms in total. The summed E-state index contributed by atoms with van der Waals surface area (Å²) in [5.41, 5.74) is 6.26. The molecule has 0 atom stereocenters. The minimum Gasteiger partial charge on any atom is -0.326 e. The van der Waals surface area contributed by atoms with Gasteiger partial charge in [-0.3, -0.25) is 9.69 Å². The zero-order valence-electron chi connectivity index (χ0n) is 20.5. The average Bonchev–Trinajstić information content (AvgIpc) is 3.15. The van der Waals surface area contributed by atoms with E-state index in [0.29, 0.717) is 6.42 Å². The second kappa shape index (κ2) is 11.5. The second-order valence-electron chi connectivity index (χ2n) is 9.57. The van der Waals surface area contributed by atoms with Gasteiger partial charge in [-0.15, -0.1) is 11.8 Å². The maximum atomic E-state index is 12.2. The maximum absolute atomic E-state index is 12.2. The fourth-order valence-electron chi connectivity index (χ4n) is 3.82. The fraction of sp³-hybridized carbons (Fsp3) is 0.345. The van der Waals surface area contributed by atoms with Gasteiger partial charge in [0.2, 0.25) is 5.91 Å². The van der Waals surface area contributed by atoms with Gasteiger partial charge < -0.3 is 5.32 Å². The van der Waals surface area contributed by atoms with Crippen molar-refractivity contribution in [1.29, 1.82) is 0 Å². The quantitative estimate of drug-likeness (QED) is 0.420. The number of nitrogens with one attached hydrogen (secondary N) is 1. The molecule has 1 heterocycles. The number of carbonyl (C=O) groups excluding carboxylic acids is 1. The van der Waals surface area contributed by atoms with Gasteiger partial charge in [-0.25, -0.2) is 0 Å². The van der Waals surface area contributed by atoms with Gasteiger partial charge in [-0.1, -0.05) is 76.2 Å². The monoisotopic (exact) mass is 460 g/mol. The Labute approximate surface area is 203 Å². The molecule has 0 fully saturated rings. The topological polar surface area (TPSA) is 32.3 Å². The zero-order valence-corrected chi connectivity index (χ0v) is 21.3. The van der Waals surface area contributed by atoms with Gasteiger partial charge in [0.05, 0.1) is 6.42 Å². The number of benzene rings is 3. The molecule has 1 aliphatic heterocycles. The highest BCUT2D eigenvalue weighted by Gasteiger charge is 2.14. The molecule has 3 aromatic rings. The van der Waals surface area contributed by atoms with Crippen molar-refractivity contribution in [2.75, 3.05) is 18.1 Å². The summed E-state index contributed by atoms with van der Waals surface area (Å²) in [5, 5.41) is 2.96. The second-order valence-corrected chi connectivity index (χ2v) is 10.9. The van der Waals surface area contributed by atoms with Crippen molar-refractivity contribution in [3.63, 3.8) is 0 Å². The number of nitrogens with zero attached hydrogens (tertiary/aromatic N) is 1. The summed E-state index contributed by atoms with van der Waals surface area (Å²) < 4.78 is 0. The van der Waals surface area contributed by atoms with Crippen LogP contribution in [0.1, 0.15) is 49.9 Å². The third-order valence-corrected chi connectivity index (χ3v) is 6.53. The number of fused-ring (bicyclic) bond motifs is 1. The Hall–Kier alpha value is -2.56. The molecule has 1 N–H and O–H groups in total. The van der Waals surface area contributed by atoms with Gasteiger partial charge in [0.1, 0.15) is 0 Å². The van der Waals surface area contributed by atoms with Gasteiger partial charge in [-0.05, 0) is 64.7 Å². The Bertz CT molecular complexity index is 1010. The van der Waals surface area contributed by atoms with Gasteiger partial charge in [0.25, 0.3) is 0 Å². The number of amides is 1. The first-order valence-corrected chi connectivity index (χ1v) is 12.6. The molecular weight excluding hydrogens is 424 g/mol. The van der Waals surface area contributed by atoms with Gasteiger partial charge in [0.15, 0.2) is 0 Å². The largest absolute Gasteiger partial charge is 0.326 e. The lowest BCUT2D eigenvalue weighted by Crippen LogP contribution is -2.15. The van der Waals surface area contributed by atoms with Crippen molar-refractivity contribution < 1.29 is 4.79 Å². The third kappa shape index (κ3) is 7.76. The molecule has 0 saturated heterocycles. The molecule has 174 valence electrons. The number of thioether (sulfide) groups is 1. The van der Waals surface area contributed by atoms with Crippen molar-refractivity contribution in [2.24, 2.45) is 0 Å². The van der Waals surface area contributed by atoms with Crippen LogP contribution in [-0.4, -0.2) is 23.6 Å². The average molecular weight is 461 g/mol. The first kappa shape index (κ1) is 25.1. The van der Waals surface area contributed by atoms with E-state index in [1.165, 1.54) is 21.6 Å². The summed E-state index contributed by atoms with van der Waals surface area (Å²) in [7, 11) is 2.15. The van der Waals surface area contributed by atoms with Gasteiger partial charge in [0, 0.05) is 23.7 Å². The predicted molar refractivity (Wildman–Crippen MR) is 142 cm³/mol. The van der Waals surface area contributed by atoms with Crippen LogP contribution >= 0.6 is 11.8 Å². The molecule has 1 amide bonds. The Kier molecular flexibility index (Phi) is 8.76. The third-order valence-electron chi connectivity index (χ3n) is 5.63. The normalized spacial score (nSPS) is 13.1. The first-order valence-electron chi connectivity index (χ1n) is 11.6. The number of anilines is 1. The molecule has 1 aliphatic rings. The Balaban J connectivity index is 0.000000252. The fourth-order valence-corrected chi connectivity index (χ4v) is 4.48. The number of carbonyl (C=O) groups is 1. The highest BCUT2D eigenvalue weighted by atomic mass is 32.2. The van der Waals surface area contributed by atoms with E-state index in [2.05, 4.69) is 93.5 Å². The first-order chi connectivity index (χ1) is 15.7. The smallest absolute Gasteiger partial charge is 0.228 e. The summed E-state index contributed by atoms with van der Waals surface area (Å²) >= 11 is 1.81. The minimum absolute atomic E-state index is 0.0180. The van der Waals surface area contributed by atoms with Crippen molar-refractivity contribution in [2.45, 2.75) is 57.5 Å². The van der Waals surface area contributed by atoms with E-state index in [4.69, 9.17) is 0 Å².